The predicted octanol–water partition coefficient (Wildman–Crippen LogP) is -0.145. The topological polar surface area (TPSA) is 71.0 Å². The van der Waals surface area contributed by atoms with Crippen molar-refractivity contribution in [3.63, 3.8) is 0 Å². The fourth-order valence-electron chi connectivity index (χ4n) is 3.04. The van der Waals surface area contributed by atoms with E-state index in [1.54, 1.807) is 19.4 Å². The monoisotopic (exact) mass is 335 g/mol. The van der Waals surface area contributed by atoms with Crippen LogP contribution in [0.1, 0.15) is 6.92 Å². The molecule has 2 aliphatic heterocycles. The second-order valence-corrected chi connectivity index (χ2v) is 6.18. The molecule has 2 saturated heterocycles. The van der Waals surface area contributed by atoms with Crippen molar-refractivity contribution >= 4 is 11.9 Å². The van der Waals surface area contributed by atoms with Gasteiger partial charge in [-0.15, -0.1) is 0 Å². The Hall–Kier alpha value is -1.93. The van der Waals surface area contributed by atoms with Crippen LogP contribution in [0.4, 0.5) is 5.95 Å². The summed E-state index contributed by atoms with van der Waals surface area (Å²) in [4.78, 5) is 27.3. The van der Waals surface area contributed by atoms with E-state index in [4.69, 9.17) is 9.47 Å². The molecule has 3 rings (SSSR count). The van der Waals surface area contributed by atoms with Crippen molar-refractivity contribution in [1.82, 2.24) is 19.8 Å². The van der Waals surface area contributed by atoms with Crippen molar-refractivity contribution in [2.45, 2.75) is 13.0 Å². The Bertz CT molecular complexity index is 562. The molecule has 3 heterocycles. The molecule has 24 heavy (non-hydrogen) atoms. The van der Waals surface area contributed by atoms with Crippen LogP contribution in [0.15, 0.2) is 12.3 Å². The number of morpholine rings is 1. The molecule has 8 heteroatoms. The van der Waals surface area contributed by atoms with Crippen LogP contribution in [0.25, 0.3) is 0 Å². The average molecular weight is 335 g/mol. The Morgan fingerprint density at radius 2 is 2.12 bits per heavy atom. The quantitative estimate of drug-likeness (QED) is 0.758. The molecule has 0 aromatic carbocycles. The van der Waals surface area contributed by atoms with Gasteiger partial charge in [0.2, 0.25) is 17.7 Å². The predicted molar refractivity (Wildman–Crippen MR) is 89.2 cm³/mol. The third-order valence-corrected chi connectivity index (χ3v) is 4.43. The van der Waals surface area contributed by atoms with Crippen molar-refractivity contribution in [1.29, 1.82) is 0 Å². The van der Waals surface area contributed by atoms with E-state index < -0.39 is 0 Å². The van der Waals surface area contributed by atoms with Gasteiger partial charge in [0, 0.05) is 51.5 Å². The summed E-state index contributed by atoms with van der Waals surface area (Å²) in [6, 6.07) is 1.74. The average Bonchev–Trinajstić information content (AvgIpc) is 2.62. The number of amides is 1. The van der Waals surface area contributed by atoms with E-state index in [1.807, 2.05) is 11.8 Å². The SMILES string of the molecule is COc1ccnc(N2CCN(CC(=O)N3CCO[C@H](C)C3)CC2)n1. The molecule has 0 unspecified atom stereocenters. The fraction of sp³-hybridized carbons (Fsp3) is 0.688. The highest BCUT2D eigenvalue weighted by atomic mass is 16.5. The second kappa shape index (κ2) is 7.76. The molecular formula is C16H25N5O3. The number of piperazine rings is 1. The van der Waals surface area contributed by atoms with Gasteiger partial charge < -0.3 is 19.3 Å². The molecule has 2 fully saturated rings. The lowest BCUT2D eigenvalue weighted by molar-refractivity contribution is -0.139. The molecule has 1 aromatic heterocycles. The highest BCUT2D eigenvalue weighted by molar-refractivity contribution is 5.78. The highest BCUT2D eigenvalue weighted by Gasteiger charge is 2.25. The van der Waals surface area contributed by atoms with Crippen LogP contribution in [-0.2, 0) is 9.53 Å². The molecule has 1 atom stereocenters. The van der Waals surface area contributed by atoms with Crippen LogP contribution in [0.3, 0.4) is 0 Å². The molecule has 0 aliphatic carbocycles. The van der Waals surface area contributed by atoms with Gasteiger partial charge >= 0.3 is 0 Å². The molecule has 1 amide bonds. The highest BCUT2D eigenvalue weighted by Crippen LogP contribution is 2.14. The molecule has 2 aliphatic rings. The molecule has 0 N–H and O–H groups in total. The van der Waals surface area contributed by atoms with Gasteiger partial charge in [0.15, 0.2) is 0 Å². The number of hydrogen-bond donors (Lipinski definition) is 0. The van der Waals surface area contributed by atoms with Gasteiger partial charge in [-0.25, -0.2) is 4.98 Å². The Morgan fingerprint density at radius 3 is 2.83 bits per heavy atom. The maximum Gasteiger partial charge on any atom is 0.236 e. The lowest BCUT2D eigenvalue weighted by Crippen LogP contribution is -2.52. The maximum atomic E-state index is 12.4. The van der Waals surface area contributed by atoms with Gasteiger partial charge in [-0.1, -0.05) is 0 Å². The number of ether oxygens (including phenoxy) is 2. The van der Waals surface area contributed by atoms with Crippen molar-refractivity contribution in [2.75, 3.05) is 64.4 Å². The van der Waals surface area contributed by atoms with Gasteiger partial charge in [0.25, 0.3) is 0 Å². The molecule has 0 bridgehead atoms. The number of anilines is 1. The van der Waals surface area contributed by atoms with E-state index in [1.165, 1.54) is 0 Å². The number of rotatable bonds is 4. The van der Waals surface area contributed by atoms with Gasteiger partial charge in [0.1, 0.15) is 0 Å². The molecule has 132 valence electrons. The summed E-state index contributed by atoms with van der Waals surface area (Å²) in [5.74, 6) is 1.44. The van der Waals surface area contributed by atoms with Crippen molar-refractivity contribution in [3.8, 4) is 5.88 Å². The van der Waals surface area contributed by atoms with Gasteiger partial charge in [0.05, 0.1) is 26.4 Å². The molecule has 0 saturated carbocycles. The number of carbonyl (C=O) groups excluding carboxylic acids is 1. The lowest BCUT2D eigenvalue weighted by atomic mass is 10.2. The zero-order valence-electron chi connectivity index (χ0n) is 14.3. The first-order valence-corrected chi connectivity index (χ1v) is 8.39. The van der Waals surface area contributed by atoms with Crippen LogP contribution in [-0.4, -0.2) is 91.3 Å². The minimum Gasteiger partial charge on any atom is -0.481 e. The van der Waals surface area contributed by atoms with Crippen LogP contribution < -0.4 is 9.64 Å². The third-order valence-electron chi connectivity index (χ3n) is 4.43. The standard InChI is InChI=1S/C16H25N5O3/c1-13-11-21(9-10-24-13)15(22)12-19-5-7-20(8-6-19)16-17-4-3-14(18-16)23-2/h3-4,13H,5-12H2,1-2H3/t13-/m1/s1. The summed E-state index contributed by atoms with van der Waals surface area (Å²) in [5.41, 5.74) is 0. The smallest absolute Gasteiger partial charge is 0.236 e. The summed E-state index contributed by atoms with van der Waals surface area (Å²) >= 11 is 0. The van der Waals surface area contributed by atoms with E-state index in [0.29, 0.717) is 38.1 Å². The van der Waals surface area contributed by atoms with E-state index in [9.17, 15) is 4.79 Å². The minimum absolute atomic E-state index is 0.129. The molecular weight excluding hydrogens is 310 g/mol. The Balaban J connectivity index is 1.49. The van der Waals surface area contributed by atoms with E-state index in [-0.39, 0.29) is 12.0 Å². The molecule has 8 nitrogen and oxygen atoms in total. The maximum absolute atomic E-state index is 12.4. The molecule has 1 aromatic rings. The van der Waals surface area contributed by atoms with Gasteiger partial charge in [-0.3, -0.25) is 9.69 Å². The Morgan fingerprint density at radius 1 is 1.33 bits per heavy atom. The first-order valence-electron chi connectivity index (χ1n) is 8.39. The summed E-state index contributed by atoms with van der Waals surface area (Å²) in [6.07, 6.45) is 1.83. The van der Waals surface area contributed by atoms with Crippen LogP contribution in [0.2, 0.25) is 0 Å². The van der Waals surface area contributed by atoms with E-state index in [2.05, 4.69) is 19.8 Å². The van der Waals surface area contributed by atoms with Crippen molar-refractivity contribution in [3.05, 3.63) is 12.3 Å². The van der Waals surface area contributed by atoms with Gasteiger partial charge in [-0.05, 0) is 6.92 Å². The summed E-state index contributed by atoms with van der Waals surface area (Å²) in [5, 5.41) is 0. The summed E-state index contributed by atoms with van der Waals surface area (Å²) in [7, 11) is 1.60. The normalized spacial score (nSPS) is 22.5. The summed E-state index contributed by atoms with van der Waals surface area (Å²) < 4.78 is 10.6. The van der Waals surface area contributed by atoms with Crippen molar-refractivity contribution in [2.24, 2.45) is 0 Å². The second-order valence-electron chi connectivity index (χ2n) is 6.18. The van der Waals surface area contributed by atoms with E-state index >= 15 is 0 Å². The zero-order chi connectivity index (χ0) is 16.9. The number of hydrogen-bond acceptors (Lipinski definition) is 7. The first-order chi connectivity index (χ1) is 11.7. The van der Waals surface area contributed by atoms with Crippen LogP contribution in [0, 0.1) is 0 Å². The van der Waals surface area contributed by atoms with Crippen molar-refractivity contribution < 1.29 is 14.3 Å². The molecule has 0 spiro atoms. The fourth-order valence-corrected chi connectivity index (χ4v) is 3.04. The summed E-state index contributed by atoms with van der Waals surface area (Å²) in [6.45, 7) is 7.76. The third kappa shape index (κ3) is 4.12. The number of aromatic nitrogens is 2. The lowest BCUT2D eigenvalue weighted by Gasteiger charge is -2.36. The number of methoxy groups -OCH3 is 1. The number of carbonyl (C=O) groups is 1. The number of nitrogens with zero attached hydrogens (tertiary/aromatic N) is 5. The largest absolute Gasteiger partial charge is 0.481 e. The van der Waals surface area contributed by atoms with Crippen LogP contribution >= 0.6 is 0 Å². The Labute approximate surface area is 142 Å². The first kappa shape index (κ1) is 16.9. The molecule has 0 radical (unpaired) electrons. The minimum atomic E-state index is 0.129. The van der Waals surface area contributed by atoms with Gasteiger partial charge in [-0.2, -0.15) is 4.98 Å². The zero-order valence-corrected chi connectivity index (χ0v) is 14.3. The Kier molecular flexibility index (Phi) is 5.47. The van der Waals surface area contributed by atoms with Crippen LogP contribution in [0.5, 0.6) is 5.88 Å². The van der Waals surface area contributed by atoms with E-state index in [0.717, 1.165) is 26.2 Å².